The lowest BCUT2D eigenvalue weighted by atomic mass is 10.0. The van der Waals surface area contributed by atoms with Gasteiger partial charge in [0.25, 0.3) is 0 Å². The molecule has 1 atom stereocenters. The molecule has 2 aromatic rings. The molecule has 0 fully saturated rings. The monoisotopic (exact) mass is 308 g/mol. The second kappa shape index (κ2) is 7.77. The average Bonchev–Trinajstić information content (AvgIpc) is 2.84. The summed E-state index contributed by atoms with van der Waals surface area (Å²) < 4.78 is 0. The second-order valence-corrected chi connectivity index (χ2v) is 6.45. The molecule has 1 heterocycles. The molecule has 20 heavy (non-hydrogen) atoms. The quantitative estimate of drug-likeness (QED) is 0.796. The third-order valence-corrected chi connectivity index (χ3v) is 4.36. The molecule has 0 aliphatic rings. The van der Waals surface area contributed by atoms with Gasteiger partial charge in [0, 0.05) is 29.4 Å². The average molecular weight is 309 g/mol. The first kappa shape index (κ1) is 15.5. The minimum Gasteiger partial charge on any atom is -0.310 e. The summed E-state index contributed by atoms with van der Waals surface area (Å²) in [6.45, 7) is 5.22. The van der Waals surface area contributed by atoms with E-state index < -0.39 is 0 Å². The zero-order valence-electron chi connectivity index (χ0n) is 12.0. The Morgan fingerprint density at radius 3 is 2.65 bits per heavy atom. The minimum absolute atomic E-state index is 0.400. The smallest absolute Gasteiger partial charge is 0.0897 e. The minimum atomic E-state index is 0.400. The maximum absolute atomic E-state index is 5.95. The van der Waals surface area contributed by atoms with Gasteiger partial charge in [-0.05, 0) is 31.0 Å². The SMILES string of the molecule is CCCC(NCCc1csc(C)n1)c1ccc(Cl)cc1. The highest BCUT2D eigenvalue weighted by molar-refractivity contribution is 7.09. The molecule has 0 bridgehead atoms. The summed E-state index contributed by atoms with van der Waals surface area (Å²) in [6, 6.07) is 8.55. The third kappa shape index (κ3) is 4.58. The van der Waals surface area contributed by atoms with Crippen LogP contribution >= 0.6 is 22.9 Å². The van der Waals surface area contributed by atoms with Crippen LogP contribution in [0, 0.1) is 6.92 Å². The van der Waals surface area contributed by atoms with E-state index in [1.54, 1.807) is 11.3 Å². The first-order valence-corrected chi connectivity index (χ1v) is 8.34. The van der Waals surface area contributed by atoms with Crippen molar-refractivity contribution in [2.45, 2.75) is 39.2 Å². The molecular formula is C16H21ClN2S. The highest BCUT2D eigenvalue weighted by Gasteiger charge is 2.10. The van der Waals surface area contributed by atoms with Crippen LogP contribution in [0.2, 0.25) is 5.02 Å². The first-order chi connectivity index (χ1) is 9.69. The molecule has 2 nitrogen and oxygen atoms in total. The molecule has 2 rings (SSSR count). The summed E-state index contributed by atoms with van der Waals surface area (Å²) in [5.41, 5.74) is 2.50. The molecule has 1 aromatic heterocycles. The van der Waals surface area contributed by atoms with Crippen molar-refractivity contribution in [3.63, 3.8) is 0 Å². The van der Waals surface area contributed by atoms with Gasteiger partial charge >= 0.3 is 0 Å². The summed E-state index contributed by atoms with van der Waals surface area (Å²) in [6.07, 6.45) is 3.28. The number of rotatable bonds is 7. The number of hydrogen-bond acceptors (Lipinski definition) is 3. The van der Waals surface area contributed by atoms with E-state index in [0.717, 1.165) is 35.8 Å². The molecule has 1 N–H and O–H groups in total. The van der Waals surface area contributed by atoms with Crippen LogP contribution in [-0.4, -0.2) is 11.5 Å². The highest BCUT2D eigenvalue weighted by Crippen LogP contribution is 2.20. The van der Waals surface area contributed by atoms with Gasteiger partial charge in [0.2, 0.25) is 0 Å². The molecule has 0 amide bonds. The molecule has 0 aliphatic carbocycles. The Morgan fingerprint density at radius 1 is 1.30 bits per heavy atom. The number of thiazole rings is 1. The van der Waals surface area contributed by atoms with Crippen molar-refractivity contribution in [3.8, 4) is 0 Å². The van der Waals surface area contributed by atoms with Gasteiger partial charge in [0.15, 0.2) is 0 Å². The van der Waals surface area contributed by atoms with Crippen LogP contribution in [0.5, 0.6) is 0 Å². The number of aryl methyl sites for hydroxylation is 1. The number of hydrogen-bond donors (Lipinski definition) is 1. The predicted octanol–water partition coefficient (Wildman–Crippen LogP) is 4.78. The molecule has 0 radical (unpaired) electrons. The first-order valence-electron chi connectivity index (χ1n) is 7.09. The van der Waals surface area contributed by atoms with Crippen LogP contribution < -0.4 is 5.32 Å². The summed E-state index contributed by atoms with van der Waals surface area (Å²) in [4.78, 5) is 4.50. The van der Waals surface area contributed by atoms with Crippen molar-refractivity contribution in [1.29, 1.82) is 0 Å². The Bertz CT molecular complexity index is 522. The Morgan fingerprint density at radius 2 is 2.05 bits per heavy atom. The molecular weight excluding hydrogens is 288 g/mol. The van der Waals surface area contributed by atoms with Gasteiger partial charge in [0.05, 0.1) is 10.7 Å². The number of nitrogens with zero attached hydrogens (tertiary/aromatic N) is 1. The van der Waals surface area contributed by atoms with Crippen LogP contribution in [-0.2, 0) is 6.42 Å². The van der Waals surface area contributed by atoms with Crippen LogP contribution in [0.15, 0.2) is 29.6 Å². The molecule has 108 valence electrons. The number of aromatic nitrogens is 1. The second-order valence-electron chi connectivity index (χ2n) is 4.95. The summed E-state index contributed by atoms with van der Waals surface area (Å²) >= 11 is 7.67. The van der Waals surface area contributed by atoms with Crippen LogP contribution in [0.4, 0.5) is 0 Å². The van der Waals surface area contributed by atoms with Crippen LogP contribution in [0.1, 0.15) is 42.1 Å². The lowest BCUT2D eigenvalue weighted by Gasteiger charge is -2.18. The Hall–Kier alpha value is -0.900. The maximum Gasteiger partial charge on any atom is 0.0897 e. The van der Waals surface area contributed by atoms with E-state index in [1.165, 1.54) is 11.3 Å². The Kier molecular flexibility index (Phi) is 6.02. The number of nitrogens with one attached hydrogen (secondary N) is 1. The van der Waals surface area contributed by atoms with Gasteiger partial charge in [-0.2, -0.15) is 0 Å². The van der Waals surface area contributed by atoms with E-state index in [0.29, 0.717) is 6.04 Å². The van der Waals surface area contributed by atoms with Crippen molar-refractivity contribution in [3.05, 3.63) is 50.9 Å². The van der Waals surface area contributed by atoms with Crippen molar-refractivity contribution in [1.82, 2.24) is 10.3 Å². The highest BCUT2D eigenvalue weighted by atomic mass is 35.5. The van der Waals surface area contributed by atoms with Crippen molar-refractivity contribution in [2.75, 3.05) is 6.54 Å². The van der Waals surface area contributed by atoms with Gasteiger partial charge in [-0.3, -0.25) is 0 Å². The fraction of sp³-hybridized carbons (Fsp3) is 0.438. The normalized spacial score (nSPS) is 12.6. The van der Waals surface area contributed by atoms with E-state index in [2.05, 4.69) is 41.7 Å². The Balaban J connectivity index is 1.90. The molecule has 0 aliphatic heterocycles. The molecule has 0 saturated carbocycles. The number of benzene rings is 1. The fourth-order valence-electron chi connectivity index (χ4n) is 2.27. The van der Waals surface area contributed by atoms with Gasteiger partial charge in [0.1, 0.15) is 0 Å². The maximum atomic E-state index is 5.95. The van der Waals surface area contributed by atoms with Gasteiger partial charge in [-0.15, -0.1) is 11.3 Å². The van der Waals surface area contributed by atoms with E-state index >= 15 is 0 Å². The van der Waals surface area contributed by atoms with E-state index in [1.807, 2.05) is 12.1 Å². The summed E-state index contributed by atoms with van der Waals surface area (Å²) in [5, 5.41) is 7.72. The summed E-state index contributed by atoms with van der Waals surface area (Å²) in [7, 11) is 0. The van der Waals surface area contributed by atoms with Gasteiger partial charge < -0.3 is 5.32 Å². The zero-order chi connectivity index (χ0) is 14.4. The van der Waals surface area contributed by atoms with Crippen molar-refractivity contribution in [2.24, 2.45) is 0 Å². The molecule has 0 saturated heterocycles. The summed E-state index contributed by atoms with van der Waals surface area (Å²) in [5.74, 6) is 0. The Labute approximate surface area is 130 Å². The predicted molar refractivity (Wildman–Crippen MR) is 87.7 cm³/mol. The largest absolute Gasteiger partial charge is 0.310 e. The van der Waals surface area contributed by atoms with E-state index in [4.69, 9.17) is 11.6 Å². The van der Waals surface area contributed by atoms with Crippen molar-refractivity contribution >= 4 is 22.9 Å². The van der Waals surface area contributed by atoms with Gasteiger partial charge in [-0.25, -0.2) is 4.98 Å². The fourth-order valence-corrected chi connectivity index (χ4v) is 3.04. The van der Waals surface area contributed by atoms with E-state index in [-0.39, 0.29) is 0 Å². The number of halogens is 1. The third-order valence-electron chi connectivity index (χ3n) is 3.29. The lowest BCUT2D eigenvalue weighted by molar-refractivity contribution is 0.496. The standard InChI is InChI=1S/C16H21ClN2S/c1-3-4-16(13-5-7-14(17)8-6-13)18-10-9-15-11-20-12(2)19-15/h5-8,11,16,18H,3-4,9-10H2,1-2H3. The molecule has 1 unspecified atom stereocenters. The lowest BCUT2D eigenvalue weighted by Crippen LogP contribution is -2.23. The molecule has 0 spiro atoms. The zero-order valence-corrected chi connectivity index (χ0v) is 13.6. The van der Waals surface area contributed by atoms with Crippen LogP contribution in [0.25, 0.3) is 0 Å². The topological polar surface area (TPSA) is 24.9 Å². The van der Waals surface area contributed by atoms with Gasteiger partial charge in [-0.1, -0.05) is 37.1 Å². The molecule has 1 aromatic carbocycles. The van der Waals surface area contributed by atoms with Crippen LogP contribution in [0.3, 0.4) is 0 Å². The molecule has 4 heteroatoms. The van der Waals surface area contributed by atoms with E-state index in [9.17, 15) is 0 Å². The van der Waals surface area contributed by atoms with Crippen molar-refractivity contribution < 1.29 is 0 Å².